The quantitative estimate of drug-likeness (QED) is 0.699. The minimum absolute atomic E-state index is 0.159. The van der Waals surface area contributed by atoms with E-state index in [0.717, 1.165) is 13.0 Å². The summed E-state index contributed by atoms with van der Waals surface area (Å²) in [5.74, 6) is 0.500. The number of rotatable bonds is 9. The van der Waals surface area contributed by atoms with E-state index in [-0.39, 0.29) is 17.4 Å². The molecular formula is C20H29N3O3. The molecule has 1 heterocycles. The molecule has 0 atom stereocenters. The summed E-state index contributed by atoms with van der Waals surface area (Å²) in [6.07, 6.45) is 0.738. The Kier molecular flexibility index (Phi) is 7.33. The van der Waals surface area contributed by atoms with Crippen LogP contribution in [0.5, 0.6) is 0 Å². The smallest absolute Gasteiger partial charge is 0.274 e. The number of nitrogens with zero attached hydrogens (tertiary/aromatic N) is 2. The summed E-state index contributed by atoms with van der Waals surface area (Å²) in [4.78, 5) is 25.2. The van der Waals surface area contributed by atoms with Crippen LogP contribution in [-0.2, 0) is 11.3 Å². The average molecular weight is 359 g/mol. The molecule has 0 saturated heterocycles. The summed E-state index contributed by atoms with van der Waals surface area (Å²) < 4.78 is 6.92. The van der Waals surface area contributed by atoms with Crippen LogP contribution in [-0.4, -0.2) is 35.4 Å². The van der Waals surface area contributed by atoms with E-state index in [9.17, 15) is 9.59 Å². The lowest BCUT2D eigenvalue weighted by Gasteiger charge is -2.13. The van der Waals surface area contributed by atoms with Gasteiger partial charge in [0.1, 0.15) is 0 Å². The normalized spacial score (nSPS) is 11.5. The topological polar surface area (TPSA) is 73.2 Å². The summed E-state index contributed by atoms with van der Waals surface area (Å²) in [7, 11) is 0. The van der Waals surface area contributed by atoms with Gasteiger partial charge in [-0.15, -0.1) is 0 Å². The van der Waals surface area contributed by atoms with Gasteiger partial charge in [0, 0.05) is 31.7 Å². The van der Waals surface area contributed by atoms with Crippen LogP contribution >= 0.6 is 0 Å². The maximum atomic E-state index is 12.6. The fraction of sp³-hybridized carbons (Fsp3) is 0.550. The second-order valence-electron chi connectivity index (χ2n) is 7.35. The molecule has 142 valence electrons. The van der Waals surface area contributed by atoms with E-state index in [1.54, 1.807) is 18.2 Å². The number of ether oxygens (including phenoxy) is 1. The molecule has 1 amide bonds. The van der Waals surface area contributed by atoms with Gasteiger partial charge in [-0.25, -0.2) is 4.68 Å². The van der Waals surface area contributed by atoms with Crippen LogP contribution in [0.2, 0.25) is 0 Å². The van der Waals surface area contributed by atoms with Crippen molar-refractivity contribution in [3.63, 3.8) is 0 Å². The fourth-order valence-corrected chi connectivity index (χ4v) is 2.65. The van der Waals surface area contributed by atoms with Crippen molar-refractivity contribution in [2.45, 2.75) is 40.7 Å². The minimum atomic E-state index is -0.262. The van der Waals surface area contributed by atoms with Crippen LogP contribution in [0.3, 0.4) is 0 Å². The third-order valence-corrected chi connectivity index (χ3v) is 3.82. The Balaban J connectivity index is 2.13. The van der Waals surface area contributed by atoms with E-state index >= 15 is 0 Å². The van der Waals surface area contributed by atoms with E-state index in [1.807, 2.05) is 19.9 Å². The first-order chi connectivity index (χ1) is 12.4. The molecule has 0 radical (unpaired) electrons. The van der Waals surface area contributed by atoms with Gasteiger partial charge in [-0.3, -0.25) is 9.59 Å². The van der Waals surface area contributed by atoms with Crippen LogP contribution in [0.4, 0.5) is 0 Å². The first-order valence-corrected chi connectivity index (χ1v) is 9.26. The number of benzene rings is 1. The molecular weight excluding hydrogens is 330 g/mol. The summed E-state index contributed by atoms with van der Waals surface area (Å²) in [5.41, 5.74) is 0.136. The average Bonchev–Trinajstić information content (AvgIpc) is 2.59. The molecule has 0 bridgehead atoms. The molecule has 0 aliphatic heterocycles. The maximum Gasteiger partial charge on any atom is 0.274 e. The molecule has 6 nitrogen and oxygen atoms in total. The second-order valence-corrected chi connectivity index (χ2v) is 7.35. The van der Waals surface area contributed by atoms with Crippen LogP contribution in [0, 0.1) is 11.8 Å². The largest absolute Gasteiger partial charge is 0.381 e. The summed E-state index contributed by atoms with van der Waals surface area (Å²) in [6.45, 7) is 10.6. The van der Waals surface area contributed by atoms with Gasteiger partial charge >= 0.3 is 0 Å². The van der Waals surface area contributed by atoms with E-state index in [2.05, 4.69) is 24.3 Å². The van der Waals surface area contributed by atoms with Gasteiger partial charge in [0.05, 0.1) is 5.39 Å². The predicted molar refractivity (Wildman–Crippen MR) is 103 cm³/mol. The highest BCUT2D eigenvalue weighted by atomic mass is 16.5. The van der Waals surface area contributed by atoms with Crippen LogP contribution in [0.15, 0.2) is 29.1 Å². The van der Waals surface area contributed by atoms with E-state index in [1.165, 1.54) is 4.68 Å². The number of hydrogen-bond donors (Lipinski definition) is 1. The lowest BCUT2D eigenvalue weighted by molar-refractivity contribution is 0.0920. The molecule has 26 heavy (non-hydrogen) atoms. The number of carbonyl (C=O) groups is 1. The van der Waals surface area contributed by atoms with E-state index in [0.29, 0.717) is 42.1 Å². The lowest BCUT2D eigenvalue weighted by Crippen LogP contribution is -2.32. The van der Waals surface area contributed by atoms with Crippen LogP contribution in [0.1, 0.15) is 44.6 Å². The summed E-state index contributed by atoms with van der Waals surface area (Å²) in [6, 6.07) is 7.13. The number of fused-ring (bicyclic) bond motifs is 1. The van der Waals surface area contributed by atoms with Crippen molar-refractivity contribution < 1.29 is 9.53 Å². The zero-order valence-electron chi connectivity index (χ0n) is 16.1. The highest BCUT2D eigenvalue weighted by molar-refractivity contribution is 6.04. The van der Waals surface area contributed by atoms with Gasteiger partial charge in [-0.2, -0.15) is 5.10 Å². The summed E-state index contributed by atoms with van der Waals surface area (Å²) in [5, 5.41) is 8.33. The number of carbonyl (C=O) groups excluding carboxylic acids is 1. The molecule has 2 rings (SSSR count). The molecule has 1 aromatic heterocycles. The van der Waals surface area contributed by atoms with Gasteiger partial charge in [-0.05, 0) is 24.3 Å². The van der Waals surface area contributed by atoms with Crippen molar-refractivity contribution in [2.24, 2.45) is 11.8 Å². The number of amides is 1. The van der Waals surface area contributed by atoms with Gasteiger partial charge in [0.25, 0.3) is 11.5 Å². The second kappa shape index (κ2) is 9.48. The van der Waals surface area contributed by atoms with Crippen molar-refractivity contribution in [3.8, 4) is 0 Å². The van der Waals surface area contributed by atoms with Crippen molar-refractivity contribution in [2.75, 3.05) is 19.8 Å². The Morgan fingerprint density at radius 3 is 2.50 bits per heavy atom. The van der Waals surface area contributed by atoms with Crippen molar-refractivity contribution in [1.82, 2.24) is 15.1 Å². The molecule has 0 aliphatic rings. The molecule has 0 spiro atoms. The lowest BCUT2D eigenvalue weighted by atomic mass is 10.1. The van der Waals surface area contributed by atoms with Crippen molar-refractivity contribution in [1.29, 1.82) is 0 Å². The Morgan fingerprint density at radius 1 is 1.15 bits per heavy atom. The zero-order valence-corrected chi connectivity index (χ0v) is 16.1. The molecule has 1 N–H and O–H groups in total. The Morgan fingerprint density at radius 2 is 1.85 bits per heavy atom. The summed E-state index contributed by atoms with van der Waals surface area (Å²) >= 11 is 0. The highest BCUT2D eigenvalue weighted by Gasteiger charge is 2.16. The Hall–Kier alpha value is -2.21. The predicted octanol–water partition coefficient (Wildman–Crippen LogP) is 2.85. The van der Waals surface area contributed by atoms with E-state index in [4.69, 9.17) is 4.74 Å². The zero-order chi connectivity index (χ0) is 19.1. The van der Waals surface area contributed by atoms with Gasteiger partial charge < -0.3 is 10.1 Å². The van der Waals surface area contributed by atoms with Crippen molar-refractivity contribution >= 4 is 16.7 Å². The molecule has 0 unspecified atom stereocenters. The fourth-order valence-electron chi connectivity index (χ4n) is 2.65. The van der Waals surface area contributed by atoms with Crippen LogP contribution in [0.25, 0.3) is 10.8 Å². The minimum Gasteiger partial charge on any atom is -0.381 e. The highest BCUT2D eigenvalue weighted by Crippen LogP contribution is 2.13. The number of aromatic nitrogens is 2. The first-order valence-electron chi connectivity index (χ1n) is 9.26. The number of hydrogen-bond acceptors (Lipinski definition) is 4. The molecule has 0 aliphatic carbocycles. The molecule has 2 aromatic rings. The SMILES string of the molecule is CC(C)COCCCNC(=O)c1nn(CC(C)C)c(=O)c2ccccc12. The standard InChI is InChI=1S/C20H29N3O3/c1-14(2)12-23-20(25)17-9-6-5-8-16(17)18(22-23)19(24)21-10-7-11-26-13-15(3)4/h5-6,8-9,14-15H,7,10-13H2,1-4H3,(H,21,24). The van der Waals surface area contributed by atoms with Crippen LogP contribution < -0.4 is 10.9 Å². The first kappa shape index (κ1) is 20.1. The van der Waals surface area contributed by atoms with Gasteiger partial charge in [-0.1, -0.05) is 45.9 Å². The third-order valence-electron chi connectivity index (χ3n) is 3.82. The molecule has 1 aromatic carbocycles. The molecule has 6 heteroatoms. The van der Waals surface area contributed by atoms with Gasteiger partial charge in [0.2, 0.25) is 0 Å². The maximum absolute atomic E-state index is 12.6. The third kappa shape index (κ3) is 5.39. The molecule has 0 saturated carbocycles. The molecule has 0 fully saturated rings. The van der Waals surface area contributed by atoms with Crippen molar-refractivity contribution in [3.05, 3.63) is 40.3 Å². The van der Waals surface area contributed by atoms with E-state index < -0.39 is 0 Å². The van der Waals surface area contributed by atoms with Gasteiger partial charge in [0.15, 0.2) is 5.69 Å². The Labute approximate surface area is 154 Å². The Bertz CT molecular complexity index is 796. The monoisotopic (exact) mass is 359 g/mol. The number of nitrogens with one attached hydrogen (secondary N) is 1.